The minimum atomic E-state index is 0.109. The molecule has 1 amide bonds. The van der Waals surface area contributed by atoms with Crippen LogP contribution in [0.15, 0.2) is 24.3 Å². The molecule has 1 atom stereocenters. The predicted molar refractivity (Wildman–Crippen MR) is 95.7 cm³/mol. The van der Waals surface area contributed by atoms with Crippen LogP contribution in [0.2, 0.25) is 0 Å². The van der Waals surface area contributed by atoms with Crippen LogP contribution < -0.4 is 10.1 Å². The van der Waals surface area contributed by atoms with Crippen molar-refractivity contribution in [2.24, 2.45) is 5.92 Å². The summed E-state index contributed by atoms with van der Waals surface area (Å²) in [6, 6.07) is 8.29. The third kappa shape index (κ3) is 5.54. The zero-order chi connectivity index (χ0) is 17.2. The largest absolute Gasteiger partial charge is 0.497 e. The molecule has 1 aromatic rings. The summed E-state index contributed by atoms with van der Waals surface area (Å²) in [4.78, 5) is 14.7. The predicted octanol–water partition coefficient (Wildman–Crippen LogP) is 3.63. The summed E-state index contributed by atoms with van der Waals surface area (Å²) >= 11 is 0. The Balaban J connectivity index is 2.90. The molecular weight excluding hydrogens is 288 g/mol. The first-order valence-electron chi connectivity index (χ1n) is 8.76. The first kappa shape index (κ1) is 19.5. The fourth-order valence-corrected chi connectivity index (χ4v) is 2.97. The molecule has 1 rings (SSSR count). The zero-order valence-electron chi connectivity index (χ0n) is 15.3. The number of ether oxygens (including phenoxy) is 1. The maximum atomic E-state index is 12.3. The second-order valence-corrected chi connectivity index (χ2v) is 5.77. The Morgan fingerprint density at radius 1 is 1.17 bits per heavy atom. The number of carbonyl (C=O) groups is 1. The number of hydrogen-bond donors (Lipinski definition) is 1. The van der Waals surface area contributed by atoms with Crippen LogP contribution in [0, 0.1) is 5.92 Å². The van der Waals surface area contributed by atoms with Gasteiger partial charge in [-0.3, -0.25) is 9.69 Å². The number of benzene rings is 1. The smallest absolute Gasteiger partial charge is 0.223 e. The Hall–Kier alpha value is -1.55. The van der Waals surface area contributed by atoms with E-state index in [2.05, 4.69) is 50.0 Å². The summed E-state index contributed by atoms with van der Waals surface area (Å²) in [7, 11) is 1.68. The summed E-state index contributed by atoms with van der Waals surface area (Å²) in [5, 5.41) is 3.15. The highest BCUT2D eigenvalue weighted by molar-refractivity contribution is 5.78. The highest BCUT2D eigenvalue weighted by Gasteiger charge is 2.21. The van der Waals surface area contributed by atoms with Gasteiger partial charge >= 0.3 is 0 Å². The van der Waals surface area contributed by atoms with Crippen molar-refractivity contribution >= 4 is 5.91 Å². The lowest BCUT2D eigenvalue weighted by Crippen LogP contribution is -2.40. The molecule has 0 aliphatic carbocycles. The normalized spacial score (nSPS) is 12.5. The van der Waals surface area contributed by atoms with Crippen molar-refractivity contribution in [2.75, 3.05) is 26.7 Å². The standard InChI is InChI=1S/C19H32N2O2/c1-6-15(7-2)19(22)20-14-18(21(8-3)9-4)16-11-10-12-17(13-16)23-5/h10-13,15,18H,6-9,14H2,1-5H3,(H,20,22). The molecular formula is C19H32N2O2. The van der Waals surface area contributed by atoms with E-state index in [9.17, 15) is 4.79 Å². The average molecular weight is 320 g/mol. The molecule has 23 heavy (non-hydrogen) atoms. The molecule has 1 N–H and O–H groups in total. The van der Waals surface area contributed by atoms with Crippen molar-refractivity contribution in [1.29, 1.82) is 0 Å². The molecule has 0 spiro atoms. The fourth-order valence-electron chi connectivity index (χ4n) is 2.97. The van der Waals surface area contributed by atoms with E-state index in [1.54, 1.807) is 7.11 Å². The minimum Gasteiger partial charge on any atom is -0.497 e. The van der Waals surface area contributed by atoms with Crippen molar-refractivity contribution in [3.8, 4) is 5.75 Å². The number of amides is 1. The Bertz CT molecular complexity index is 468. The highest BCUT2D eigenvalue weighted by Crippen LogP contribution is 2.24. The molecule has 0 saturated carbocycles. The maximum absolute atomic E-state index is 12.3. The highest BCUT2D eigenvalue weighted by atomic mass is 16.5. The van der Waals surface area contributed by atoms with Crippen LogP contribution in [-0.4, -0.2) is 37.6 Å². The van der Waals surface area contributed by atoms with Gasteiger partial charge in [-0.25, -0.2) is 0 Å². The second-order valence-electron chi connectivity index (χ2n) is 5.77. The van der Waals surface area contributed by atoms with E-state index >= 15 is 0 Å². The van der Waals surface area contributed by atoms with Gasteiger partial charge in [0.05, 0.1) is 13.2 Å². The summed E-state index contributed by atoms with van der Waals surface area (Å²) in [5.41, 5.74) is 1.18. The third-order valence-corrected chi connectivity index (χ3v) is 4.56. The molecule has 4 heteroatoms. The summed E-state index contributed by atoms with van der Waals surface area (Å²) in [5.74, 6) is 1.12. The lowest BCUT2D eigenvalue weighted by atomic mass is 10.0. The van der Waals surface area contributed by atoms with Crippen LogP contribution in [0.5, 0.6) is 5.75 Å². The van der Waals surface area contributed by atoms with Crippen molar-refractivity contribution in [2.45, 2.75) is 46.6 Å². The monoisotopic (exact) mass is 320 g/mol. The van der Waals surface area contributed by atoms with E-state index in [0.29, 0.717) is 6.54 Å². The third-order valence-electron chi connectivity index (χ3n) is 4.56. The molecule has 130 valence electrons. The molecule has 0 radical (unpaired) electrons. The summed E-state index contributed by atoms with van der Waals surface area (Å²) < 4.78 is 5.34. The first-order valence-corrected chi connectivity index (χ1v) is 8.76. The van der Waals surface area contributed by atoms with Crippen LogP contribution >= 0.6 is 0 Å². The van der Waals surface area contributed by atoms with Crippen LogP contribution in [-0.2, 0) is 4.79 Å². The molecule has 0 aliphatic heterocycles. The van der Waals surface area contributed by atoms with Gasteiger partial charge in [0, 0.05) is 12.5 Å². The maximum Gasteiger partial charge on any atom is 0.223 e. The van der Waals surface area contributed by atoms with Gasteiger partial charge in [0.25, 0.3) is 0 Å². The lowest BCUT2D eigenvalue weighted by molar-refractivity contribution is -0.125. The van der Waals surface area contributed by atoms with Gasteiger partial charge in [0.1, 0.15) is 5.75 Å². The van der Waals surface area contributed by atoms with Crippen LogP contribution in [0.4, 0.5) is 0 Å². The van der Waals surface area contributed by atoms with E-state index in [-0.39, 0.29) is 17.9 Å². The van der Waals surface area contributed by atoms with Gasteiger partial charge in [-0.05, 0) is 43.6 Å². The summed E-state index contributed by atoms with van der Waals surface area (Å²) in [6.07, 6.45) is 1.77. The minimum absolute atomic E-state index is 0.109. The summed E-state index contributed by atoms with van der Waals surface area (Å²) in [6.45, 7) is 11.0. The number of rotatable bonds is 10. The molecule has 0 heterocycles. The molecule has 0 aliphatic rings. The van der Waals surface area contributed by atoms with E-state index in [0.717, 1.165) is 31.7 Å². The molecule has 0 fully saturated rings. The van der Waals surface area contributed by atoms with Crippen LogP contribution in [0.3, 0.4) is 0 Å². The SMILES string of the molecule is CCC(CC)C(=O)NCC(c1cccc(OC)c1)N(CC)CC. The Morgan fingerprint density at radius 3 is 2.35 bits per heavy atom. The first-order chi connectivity index (χ1) is 11.1. The number of methoxy groups -OCH3 is 1. The van der Waals surface area contributed by atoms with E-state index < -0.39 is 0 Å². The number of likely N-dealkylation sites (N-methyl/N-ethyl adjacent to an activating group) is 1. The van der Waals surface area contributed by atoms with E-state index in [4.69, 9.17) is 4.74 Å². The number of nitrogens with one attached hydrogen (secondary N) is 1. The van der Waals surface area contributed by atoms with Crippen molar-refractivity contribution in [3.63, 3.8) is 0 Å². The van der Waals surface area contributed by atoms with E-state index in [1.807, 2.05) is 12.1 Å². The quantitative estimate of drug-likeness (QED) is 0.716. The molecule has 4 nitrogen and oxygen atoms in total. The number of hydrogen-bond acceptors (Lipinski definition) is 3. The van der Waals surface area contributed by atoms with Gasteiger partial charge in [0.2, 0.25) is 5.91 Å². The number of nitrogens with zero attached hydrogens (tertiary/aromatic N) is 1. The van der Waals surface area contributed by atoms with Crippen molar-refractivity contribution < 1.29 is 9.53 Å². The van der Waals surface area contributed by atoms with Crippen molar-refractivity contribution in [3.05, 3.63) is 29.8 Å². The molecule has 0 bridgehead atoms. The van der Waals surface area contributed by atoms with Gasteiger partial charge < -0.3 is 10.1 Å². The molecule has 1 unspecified atom stereocenters. The van der Waals surface area contributed by atoms with E-state index in [1.165, 1.54) is 5.56 Å². The Labute approximate surface area is 141 Å². The van der Waals surface area contributed by atoms with Gasteiger partial charge in [0.15, 0.2) is 0 Å². The van der Waals surface area contributed by atoms with Crippen LogP contribution in [0.25, 0.3) is 0 Å². The Kier molecular flexibility index (Phi) is 8.70. The fraction of sp³-hybridized carbons (Fsp3) is 0.632. The molecule has 0 saturated heterocycles. The Morgan fingerprint density at radius 2 is 1.83 bits per heavy atom. The zero-order valence-corrected chi connectivity index (χ0v) is 15.3. The van der Waals surface area contributed by atoms with Crippen molar-refractivity contribution in [1.82, 2.24) is 10.2 Å². The lowest BCUT2D eigenvalue weighted by Gasteiger charge is -2.31. The van der Waals surface area contributed by atoms with Crippen LogP contribution in [0.1, 0.15) is 52.1 Å². The molecule has 0 aromatic heterocycles. The topological polar surface area (TPSA) is 41.6 Å². The number of carbonyl (C=O) groups excluding carboxylic acids is 1. The second kappa shape index (κ2) is 10.3. The van der Waals surface area contributed by atoms with Gasteiger partial charge in [-0.1, -0.05) is 39.8 Å². The molecule has 1 aromatic carbocycles. The van der Waals surface area contributed by atoms with Gasteiger partial charge in [-0.15, -0.1) is 0 Å². The van der Waals surface area contributed by atoms with Gasteiger partial charge in [-0.2, -0.15) is 0 Å². The average Bonchev–Trinajstić information content (AvgIpc) is 2.59.